The molecule has 0 saturated carbocycles. The molecule has 0 fully saturated rings. The van der Waals surface area contributed by atoms with Crippen LogP contribution in [-0.4, -0.2) is 13.1 Å². The van der Waals surface area contributed by atoms with Gasteiger partial charge in [0.05, 0.1) is 18.7 Å². The van der Waals surface area contributed by atoms with Crippen molar-refractivity contribution in [1.82, 2.24) is 0 Å². The van der Waals surface area contributed by atoms with Crippen molar-refractivity contribution in [3.05, 3.63) is 64.2 Å². The maximum absolute atomic E-state index is 11.8. The molecule has 21 heavy (non-hydrogen) atoms. The van der Waals surface area contributed by atoms with Crippen LogP contribution in [0.25, 0.3) is 0 Å². The lowest BCUT2D eigenvalue weighted by Gasteiger charge is -2.17. The van der Waals surface area contributed by atoms with Gasteiger partial charge < -0.3 is 10.1 Å². The fourth-order valence-corrected chi connectivity index (χ4v) is 3.02. The van der Waals surface area contributed by atoms with Gasteiger partial charge >= 0.3 is 5.97 Å². The van der Waals surface area contributed by atoms with Crippen LogP contribution in [0.15, 0.2) is 42.5 Å². The SMILES string of the molecule is COC(=O)c1ccccc1NC1CCc2cc(Cl)ccc21. The Bertz CT molecular complexity index is 684. The van der Waals surface area contributed by atoms with E-state index in [2.05, 4.69) is 11.4 Å². The van der Waals surface area contributed by atoms with Crippen LogP contribution in [0.5, 0.6) is 0 Å². The zero-order valence-corrected chi connectivity index (χ0v) is 12.5. The number of benzene rings is 2. The molecule has 1 N–H and O–H groups in total. The number of nitrogens with one attached hydrogen (secondary N) is 1. The van der Waals surface area contributed by atoms with Gasteiger partial charge in [-0.1, -0.05) is 29.8 Å². The third kappa shape index (κ3) is 2.74. The smallest absolute Gasteiger partial charge is 0.339 e. The summed E-state index contributed by atoms with van der Waals surface area (Å²) in [4.78, 5) is 11.8. The summed E-state index contributed by atoms with van der Waals surface area (Å²) in [6.45, 7) is 0. The maximum Gasteiger partial charge on any atom is 0.339 e. The van der Waals surface area contributed by atoms with E-state index < -0.39 is 0 Å². The van der Waals surface area contributed by atoms with Crippen LogP contribution in [0.1, 0.15) is 33.9 Å². The highest BCUT2D eigenvalue weighted by Gasteiger charge is 2.23. The van der Waals surface area contributed by atoms with Crippen molar-refractivity contribution in [1.29, 1.82) is 0 Å². The summed E-state index contributed by atoms with van der Waals surface area (Å²) in [5.41, 5.74) is 3.88. The van der Waals surface area contributed by atoms with Gasteiger partial charge in [-0.2, -0.15) is 0 Å². The van der Waals surface area contributed by atoms with Gasteiger partial charge in [0.25, 0.3) is 0 Å². The van der Waals surface area contributed by atoms with Gasteiger partial charge in [0.2, 0.25) is 0 Å². The van der Waals surface area contributed by atoms with Gasteiger partial charge in [0.15, 0.2) is 0 Å². The standard InChI is InChI=1S/C17H16ClNO2/c1-21-17(20)14-4-2-3-5-15(14)19-16-9-6-11-10-12(18)7-8-13(11)16/h2-5,7-8,10,16,19H,6,9H2,1H3. The van der Waals surface area contributed by atoms with Crippen molar-refractivity contribution in [2.45, 2.75) is 18.9 Å². The largest absolute Gasteiger partial charge is 0.465 e. The van der Waals surface area contributed by atoms with E-state index in [-0.39, 0.29) is 12.0 Å². The number of esters is 1. The molecule has 2 aromatic carbocycles. The van der Waals surface area contributed by atoms with Gasteiger partial charge in [0.1, 0.15) is 0 Å². The molecule has 1 unspecified atom stereocenters. The molecule has 0 radical (unpaired) electrons. The van der Waals surface area contributed by atoms with Crippen LogP contribution < -0.4 is 5.32 Å². The predicted octanol–water partition coefficient (Wildman–Crippen LogP) is 4.23. The molecule has 4 heteroatoms. The number of hydrogen-bond donors (Lipinski definition) is 1. The van der Waals surface area contributed by atoms with E-state index in [1.165, 1.54) is 18.2 Å². The molecular formula is C17H16ClNO2. The Kier molecular flexibility index (Phi) is 3.84. The molecule has 0 saturated heterocycles. The second kappa shape index (κ2) is 5.78. The van der Waals surface area contributed by atoms with Crippen molar-refractivity contribution >= 4 is 23.3 Å². The topological polar surface area (TPSA) is 38.3 Å². The van der Waals surface area contributed by atoms with Crippen LogP contribution in [0.3, 0.4) is 0 Å². The fourth-order valence-electron chi connectivity index (χ4n) is 2.82. The second-order valence-electron chi connectivity index (χ2n) is 5.12. The third-order valence-corrected chi connectivity index (χ3v) is 4.08. The highest BCUT2D eigenvalue weighted by molar-refractivity contribution is 6.30. The van der Waals surface area contributed by atoms with Crippen LogP contribution in [0.2, 0.25) is 5.02 Å². The van der Waals surface area contributed by atoms with E-state index in [4.69, 9.17) is 16.3 Å². The number of hydrogen-bond acceptors (Lipinski definition) is 3. The Morgan fingerprint density at radius 3 is 2.90 bits per heavy atom. The Balaban J connectivity index is 1.88. The maximum atomic E-state index is 11.8. The van der Waals surface area contributed by atoms with Gasteiger partial charge in [-0.25, -0.2) is 4.79 Å². The first-order chi connectivity index (χ1) is 10.2. The summed E-state index contributed by atoms with van der Waals surface area (Å²) in [5.74, 6) is -0.326. The molecule has 0 heterocycles. The molecular weight excluding hydrogens is 286 g/mol. The number of fused-ring (bicyclic) bond motifs is 1. The predicted molar refractivity (Wildman–Crippen MR) is 83.9 cm³/mol. The lowest BCUT2D eigenvalue weighted by Crippen LogP contribution is -2.12. The molecule has 1 aliphatic rings. The van der Waals surface area contributed by atoms with E-state index in [0.29, 0.717) is 5.56 Å². The van der Waals surface area contributed by atoms with E-state index in [9.17, 15) is 4.79 Å². The molecule has 1 atom stereocenters. The van der Waals surface area contributed by atoms with Gasteiger partial charge in [-0.05, 0) is 48.2 Å². The molecule has 0 aromatic heterocycles. The molecule has 0 spiro atoms. The summed E-state index contributed by atoms with van der Waals surface area (Å²) in [5, 5.41) is 4.22. The van der Waals surface area contributed by atoms with E-state index >= 15 is 0 Å². The number of carbonyl (C=O) groups is 1. The average Bonchev–Trinajstić information content (AvgIpc) is 2.89. The second-order valence-corrected chi connectivity index (χ2v) is 5.55. The highest BCUT2D eigenvalue weighted by atomic mass is 35.5. The number of rotatable bonds is 3. The summed E-state index contributed by atoms with van der Waals surface area (Å²) >= 11 is 6.04. The zero-order valence-electron chi connectivity index (χ0n) is 11.7. The van der Waals surface area contributed by atoms with E-state index in [1.54, 1.807) is 6.07 Å². The summed E-state index contributed by atoms with van der Waals surface area (Å²) in [6, 6.07) is 13.6. The number of methoxy groups -OCH3 is 1. The molecule has 0 amide bonds. The van der Waals surface area contributed by atoms with Crippen LogP contribution in [-0.2, 0) is 11.2 Å². The minimum absolute atomic E-state index is 0.197. The van der Waals surface area contributed by atoms with Gasteiger partial charge in [0, 0.05) is 10.7 Å². The molecule has 3 rings (SSSR count). The van der Waals surface area contributed by atoms with Crippen molar-refractivity contribution in [2.75, 3.05) is 12.4 Å². The van der Waals surface area contributed by atoms with E-state index in [1.807, 2.05) is 30.3 Å². The van der Waals surface area contributed by atoms with Crippen LogP contribution >= 0.6 is 11.6 Å². The average molecular weight is 302 g/mol. The quantitative estimate of drug-likeness (QED) is 0.862. The fraction of sp³-hybridized carbons (Fsp3) is 0.235. The normalized spacial score (nSPS) is 16.4. The highest BCUT2D eigenvalue weighted by Crippen LogP contribution is 2.36. The lowest BCUT2D eigenvalue weighted by molar-refractivity contribution is 0.0602. The van der Waals surface area contributed by atoms with Crippen LogP contribution in [0.4, 0.5) is 5.69 Å². The summed E-state index contributed by atoms with van der Waals surface area (Å²) in [6.07, 6.45) is 1.99. The first kappa shape index (κ1) is 14.0. The van der Waals surface area contributed by atoms with Crippen molar-refractivity contribution in [3.8, 4) is 0 Å². The molecule has 3 nitrogen and oxygen atoms in total. The Morgan fingerprint density at radius 1 is 1.29 bits per heavy atom. The number of ether oxygens (including phenoxy) is 1. The number of para-hydroxylation sites is 1. The first-order valence-electron chi connectivity index (χ1n) is 6.91. The minimum atomic E-state index is -0.326. The Labute approximate surface area is 128 Å². The number of anilines is 1. The molecule has 1 aliphatic carbocycles. The monoisotopic (exact) mass is 301 g/mol. The first-order valence-corrected chi connectivity index (χ1v) is 7.29. The van der Waals surface area contributed by atoms with Crippen molar-refractivity contribution < 1.29 is 9.53 Å². The summed E-state index contributed by atoms with van der Waals surface area (Å²) < 4.78 is 4.83. The van der Waals surface area contributed by atoms with Crippen molar-refractivity contribution in [2.24, 2.45) is 0 Å². The summed E-state index contributed by atoms with van der Waals surface area (Å²) in [7, 11) is 1.39. The Morgan fingerprint density at radius 2 is 2.10 bits per heavy atom. The number of carbonyl (C=O) groups excluding carboxylic acids is 1. The van der Waals surface area contributed by atoms with Crippen LogP contribution in [0, 0.1) is 0 Å². The zero-order chi connectivity index (χ0) is 14.8. The lowest BCUT2D eigenvalue weighted by atomic mass is 10.1. The van der Waals surface area contributed by atoms with E-state index in [0.717, 1.165) is 23.6 Å². The number of aryl methyl sites for hydroxylation is 1. The third-order valence-electron chi connectivity index (χ3n) is 3.84. The molecule has 108 valence electrons. The minimum Gasteiger partial charge on any atom is -0.465 e. The number of halogens is 1. The molecule has 0 bridgehead atoms. The molecule has 2 aromatic rings. The Hall–Kier alpha value is -2.00. The van der Waals surface area contributed by atoms with Crippen molar-refractivity contribution in [3.63, 3.8) is 0 Å². The van der Waals surface area contributed by atoms with Gasteiger partial charge in [-0.15, -0.1) is 0 Å². The molecule has 0 aliphatic heterocycles. The van der Waals surface area contributed by atoms with Gasteiger partial charge in [-0.3, -0.25) is 0 Å².